The Hall–Kier alpha value is -1.64. The van der Waals surface area contributed by atoms with Crippen LogP contribution in [0.2, 0.25) is 10.0 Å². The monoisotopic (exact) mass is 497 g/mol. The van der Waals surface area contributed by atoms with Crippen LogP contribution in [0.5, 0.6) is 0 Å². The van der Waals surface area contributed by atoms with E-state index in [4.69, 9.17) is 23.2 Å². The Morgan fingerprint density at radius 1 is 1.12 bits per heavy atom. The van der Waals surface area contributed by atoms with Gasteiger partial charge in [0.1, 0.15) is 0 Å². The fourth-order valence-electron chi connectivity index (χ4n) is 4.26. The Kier molecular flexibility index (Phi) is 10.0. The number of carbonyl (C=O) groups excluding carboxylic acids is 2. The van der Waals surface area contributed by atoms with Gasteiger partial charge in [0.05, 0.1) is 16.1 Å². The molecule has 182 valence electrons. The van der Waals surface area contributed by atoms with Crippen molar-refractivity contribution in [2.45, 2.75) is 31.8 Å². The minimum absolute atomic E-state index is 0.00900. The van der Waals surface area contributed by atoms with E-state index in [0.29, 0.717) is 55.1 Å². The molecule has 2 aliphatic rings. The molecule has 1 unspecified atom stereocenters. The highest BCUT2D eigenvalue weighted by Gasteiger charge is 2.24. The first-order valence-electron chi connectivity index (χ1n) is 11.6. The van der Waals surface area contributed by atoms with E-state index in [9.17, 15) is 19.8 Å². The highest BCUT2D eigenvalue weighted by molar-refractivity contribution is 6.42. The minimum atomic E-state index is -0.501. The molecule has 9 heteroatoms. The summed E-state index contributed by atoms with van der Waals surface area (Å²) in [6.45, 7) is 4.37. The number of likely N-dealkylation sites (tertiary alicyclic amines) is 1. The van der Waals surface area contributed by atoms with Crippen LogP contribution in [-0.2, 0) is 9.59 Å². The number of aliphatic hydroxyl groups excluding tert-OH is 2. The van der Waals surface area contributed by atoms with E-state index in [-0.39, 0.29) is 24.8 Å². The summed E-state index contributed by atoms with van der Waals surface area (Å²) in [5.74, 6) is 0.231. The molecule has 2 heterocycles. The molecule has 0 bridgehead atoms. The van der Waals surface area contributed by atoms with E-state index >= 15 is 0 Å². The number of carbonyl (C=O) groups is 2. The van der Waals surface area contributed by atoms with Crippen molar-refractivity contribution in [3.8, 4) is 0 Å². The molecule has 33 heavy (non-hydrogen) atoms. The molecule has 0 saturated carbocycles. The van der Waals surface area contributed by atoms with Crippen LogP contribution in [0.4, 0.5) is 0 Å². The number of β-amino-alcohol motifs (C(OH)–C–C–N with tert-alkyl or cyclic N) is 1. The highest BCUT2D eigenvalue weighted by Crippen LogP contribution is 2.23. The van der Waals surface area contributed by atoms with Gasteiger partial charge in [-0.05, 0) is 62.0 Å². The first kappa shape index (κ1) is 26.0. The summed E-state index contributed by atoms with van der Waals surface area (Å²) in [5.41, 5.74) is 0.778. The van der Waals surface area contributed by atoms with Crippen LogP contribution in [-0.4, -0.2) is 95.3 Å². The molecule has 2 aliphatic heterocycles. The van der Waals surface area contributed by atoms with Gasteiger partial charge in [-0.25, -0.2) is 0 Å². The zero-order chi connectivity index (χ0) is 23.8. The van der Waals surface area contributed by atoms with Gasteiger partial charge in [-0.15, -0.1) is 0 Å². The Morgan fingerprint density at radius 3 is 2.58 bits per heavy atom. The molecule has 2 saturated heterocycles. The molecular weight excluding hydrogens is 465 g/mol. The Bertz CT molecular complexity index is 843. The standard InChI is InChI=1S/C24H33Cl2N3O4/c25-21-3-1-18(15-22(21)26)2-4-23(32)29-12-8-24(33)28(13-14-29)11-7-20(31)16-27-9-5-19(17-30)6-10-27/h1-4,15,19-20,30-31H,5-14,16-17H2/b4-2+. The second kappa shape index (κ2) is 12.7. The Labute approximate surface area is 205 Å². The average Bonchev–Trinajstić information content (AvgIpc) is 3.00. The predicted octanol–water partition coefficient (Wildman–Crippen LogP) is 2.52. The summed E-state index contributed by atoms with van der Waals surface area (Å²) < 4.78 is 0. The summed E-state index contributed by atoms with van der Waals surface area (Å²) in [7, 11) is 0. The lowest BCUT2D eigenvalue weighted by Crippen LogP contribution is -2.41. The predicted molar refractivity (Wildman–Crippen MR) is 130 cm³/mol. The molecule has 0 aliphatic carbocycles. The van der Waals surface area contributed by atoms with Gasteiger partial charge in [-0.2, -0.15) is 0 Å². The number of hydrogen-bond acceptors (Lipinski definition) is 5. The molecule has 2 fully saturated rings. The number of hydrogen-bond donors (Lipinski definition) is 2. The lowest BCUT2D eigenvalue weighted by molar-refractivity contribution is -0.130. The first-order chi connectivity index (χ1) is 15.9. The summed E-state index contributed by atoms with van der Waals surface area (Å²) in [5, 5.41) is 20.6. The van der Waals surface area contributed by atoms with Gasteiger partial charge in [0.15, 0.2) is 0 Å². The van der Waals surface area contributed by atoms with Crippen molar-refractivity contribution < 1.29 is 19.8 Å². The fourth-order valence-corrected chi connectivity index (χ4v) is 4.56. The van der Waals surface area contributed by atoms with Crippen LogP contribution < -0.4 is 0 Å². The number of rotatable bonds is 8. The number of aliphatic hydroxyl groups is 2. The highest BCUT2D eigenvalue weighted by atomic mass is 35.5. The maximum absolute atomic E-state index is 12.6. The lowest BCUT2D eigenvalue weighted by Gasteiger charge is -2.32. The number of piperidine rings is 1. The van der Waals surface area contributed by atoms with Crippen LogP contribution in [0.25, 0.3) is 6.08 Å². The minimum Gasteiger partial charge on any atom is -0.396 e. The number of halogens is 2. The maximum atomic E-state index is 12.6. The third kappa shape index (κ3) is 7.97. The molecule has 3 rings (SSSR count). The summed E-state index contributed by atoms with van der Waals surface area (Å²) in [6.07, 6.45) is 5.37. The third-order valence-electron chi connectivity index (χ3n) is 6.43. The smallest absolute Gasteiger partial charge is 0.246 e. The second-order valence-corrected chi connectivity index (χ2v) is 9.65. The largest absolute Gasteiger partial charge is 0.396 e. The lowest BCUT2D eigenvalue weighted by atomic mass is 9.97. The van der Waals surface area contributed by atoms with E-state index in [1.807, 2.05) is 0 Å². The van der Waals surface area contributed by atoms with E-state index < -0.39 is 6.10 Å². The van der Waals surface area contributed by atoms with Gasteiger partial charge in [-0.1, -0.05) is 29.3 Å². The van der Waals surface area contributed by atoms with Crippen molar-refractivity contribution >= 4 is 41.1 Å². The zero-order valence-corrected chi connectivity index (χ0v) is 20.3. The van der Waals surface area contributed by atoms with Crippen molar-refractivity contribution in [1.82, 2.24) is 14.7 Å². The molecule has 0 aromatic heterocycles. The normalized spacial score (nSPS) is 19.8. The molecule has 0 radical (unpaired) electrons. The van der Waals surface area contributed by atoms with Gasteiger partial charge in [-0.3, -0.25) is 9.59 Å². The van der Waals surface area contributed by atoms with Crippen molar-refractivity contribution in [3.63, 3.8) is 0 Å². The molecule has 1 aromatic rings. The SMILES string of the molecule is O=C(/C=C/c1ccc(Cl)c(Cl)c1)N1CCC(=O)N(CCC(O)CN2CCC(CO)CC2)CC1. The molecule has 2 N–H and O–H groups in total. The Balaban J connectivity index is 1.43. The Morgan fingerprint density at radius 2 is 1.88 bits per heavy atom. The summed E-state index contributed by atoms with van der Waals surface area (Å²) >= 11 is 11.9. The van der Waals surface area contributed by atoms with Gasteiger partial charge < -0.3 is 24.9 Å². The van der Waals surface area contributed by atoms with Crippen LogP contribution in [0.15, 0.2) is 24.3 Å². The first-order valence-corrected chi connectivity index (χ1v) is 12.3. The van der Waals surface area contributed by atoms with Crippen LogP contribution in [0.1, 0.15) is 31.2 Å². The van der Waals surface area contributed by atoms with Crippen molar-refractivity contribution in [2.24, 2.45) is 5.92 Å². The maximum Gasteiger partial charge on any atom is 0.246 e. The topological polar surface area (TPSA) is 84.3 Å². The molecule has 1 atom stereocenters. The number of benzene rings is 1. The van der Waals surface area contributed by atoms with Crippen molar-refractivity contribution in [2.75, 3.05) is 52.4 Å². The van der Waals surface area contributed by atoms with Gasteiger partial charge in [0, 0.05) is 51.8 Å². The van der Waals surface area contributed by atoms with Crippen molar-refractivity contribution in [1.29, 1.82) is 0 Å². The average molecular weight is 498 g/mol. The molecule has 2 amide bonds. The van der Waals surface area contributed by atoms with Gasteiger partial charge in [0.25, 0.3) is 0 Å². The van der Waals surface area contributed by atoms with E-state index in [1.54, 1.807) is 34.1 Å². The summed E-state index contributed by atoms with van der Waals surface area (Å²) in [6, 6.07) is 5.16. The molecular formula is C24H33Cl2N3O4. The van der Waals surface area contributed by atoms with Gasteiger partial charge in [0.2, 0.25) is 11.8 Å². The van der Waals surface area contributed by atoms with Crippen LogP contribution in [0.3, 0.4) is 0 Å². The van der Waals surface area contributed by atoms with E-state index in [2.05, 4.69) is 4.90 Å². The van der Waals surface area contributed by atoms with Gasteiger partial charge >= 0.3 is 0 Å². The van der Waals surface area contributed by atoms with E-state index in [1.165, 1.54) is 6.08 Å². The second-order valence-electron chi connectivity index (χ2n) is 8.83. The van der Waals surface area contributed by atoms with Crippen LogP contribution in [0, 0.1) is 5.92 Å². The van der Waals surface area contributed by atoms with Crippen molar-refractivity contribution in [3.05, 3.63) is 39.9 Å². The fraction of sp³-hybridized carbons (Fsp3) is 0.583. The molecule has 7 nitrogen and oxygen atoms in total. The van der Waals surface area contributed by atoms with Crippen LogP contribution >= 0.6 is 23.2 Å². The summed E-state index contributed by atoms with van der Waals surface area (Å²) in [4.78, 5) is 30.8. The third-order valence-corrected chi connectivity index (χ3v) is 7.17. The molecule has 0 spiro atoms. The number of nitrogens with zero attached hydrogens (tertiary/aromatic N) is 3. The quantitative estimate of drug-likeness (QED) is 0.539. The zero-order valence-electron chi connectivity index (χ0n) is 18.8. The molecule has 1 aromatic carbocycles. The number of amides is 2. The van der Waals surface area contributed by atoms with E-state index in [0.717, 1.165) is 31.5 Å².